The van der Waals surface area contributed by atoms with Crippen molar-refractivity contribution in [2.45, 2.75) is 30.3 Å². The fraction of sp³-hybridized carbons (Fsp3) is 0.538. The molecule has 0 atom stereocenters. The van der Waals surface area contributed by atoms with Crippen molar-refractivity contribution in [3.05, 3.63) is 28.5 Å². The van der Waals surface area contributed by atoms with Gasteiger partial charge in [-0.25, -0.2) is 17.5 Å². The summed E-state index contributed by atoms with van der Waals surface area (Å²) < 4.78 is 45.6. The first-order chi connectivity index (χ1) is 9.94. The van der Waals surface area contributed by atoms with E-state index < -0.39 is 20.7 Å². The molecule has 5 nitrogen and oxygen atoms in total. The summed E-state index contributed by atoms with van der Waals surface area (Å²) >= 11 is 5.91. The van der Waals surface area contributed by atoms with E-state index in [1.54, 1.807) is 0 Å². The lowest BCUT2D eigenvalue weighted by Gasteiger charge is -2.12. The quantitative estimate of drug-likeness (QED) is 0.708. The highest BCUT2D eigenvalue weighted by molar-refractivity contribution is 7.89. The Labute approximate surface area is 128 Å². The second-order valence-corrected chi connectivity index (χ2v) is 7.09. The first kappa shape index (κ1) is 16.6. The van der Waals surface area contributed by atoms with Gasteiger partial charge in [-0.05, 0) is 25.0 Å². The van der Waals surface area contributed by atoms with Crippen LogP contribution in [0.1, 0.15) is 18.4 Å². The number of rotatable bonds is 8. The molecule has 1 aromatic carbocycles. The average molecular weight is 337 g/mol. The van der Waals surface area contributed by atoms with Crippen LogP contribution in [0.5, 0.6) is 0 Å². The minimum Gasteiger partial charge on any atom is -0.383 e. The van der Waals surface area contributed by atoms with E-state index in [0.29, 0.717) is 6.04 Å². The molecule has 0 saturated heterocycles. The molecular formula is C13H18ClFN2O3S. The van der Waals surface area contributed by atoms with Crippen molar-refractivity contribution >= 4 is 21.6 Å². The van der Waals surface area contributed by atoms with Crippen molar-refractivity contribution < 1.29 is 17.5 Å². The minimum atomic E-state index is -3.95. The molecule has 1 aromatic rings. The molecule has 1 fully saturated rings. The lowest BCUT2D eigenvalue weighted by atomic mass is 10.2. The number of hydrogen-bond acceptors (Lipinski definition) is 4. The zero-order valence-corrected chi connectivity index (χ0v) is 13.2. The van der Waals surface area contributed by atoms with Crippen LogP contribution in [0.15, 0.2) is 17.0 Å². The van der Waals surface area contributed by atoms with E-state index in [1.807, 2.05) is 0 Å². The van der Waals surface area contributed by atoms with E-state index in [0.717, 1.165) is 18.9 Å². The van der Waals surface area contributed by atoms with Crippen LogP contribution in [-0.2, 0) is 21.3 Å². The van der Waals surface area contributed by atoms with Crippen LogP contribution >= 0.6 is 11.6 Å². The van der Waals surface area contributed by atoms with Crippen LogP contribution in [0.4, 0.5) is 4.39 Å². The predicted molar refractivity (Wildman–Crippen MR) is 78.3 cm³/mol. The summed E-state index contributed by atoms with van der Waals surface area (Å²) in [5.74, 6) is -0.766. The topological polar surface area (TPSA) is 67.4 Å². The molecule has 21 heavy (non-hydrogen) atoms. The lowest BCUT2D eigenvalue weighted by molar-refractivity contribution is 0.204. The molecule has 0 radical (unpaired) electrons. The molecule has 0 aromatic heterocycles. The summed E-state index contributed by atoms with van der Waals surface area (Å²) in [5.41, 5.74) is 0.251. The molecule has 1 aliphatic rings. The van der Waals surface area contributed by atoms with Crippen LogP contribution < -0.4 is 10.0 Å². The summed E-state index contributed by atoms with van der Waals surface area (Å²) in [6, 6.07) is 2.95. The summed E-state index contributed by atoms with van der Waals surface area (Å²) in [4.78, 5) is -0.432. The van der Waals surface area contributed by atoms with Crippen molar-refractivity contribution in [2.24, 2.45) is 0 Å². The fourth-order valence-corrected chi connectivity index (χ4v) is 3.30. The van der Waals surface area contributed by atoms with Gasteiger partial charge in [0.25, 0.3) is 0 Å². The van der Waals surface area contributed by atoms with E-state index >= 15 is 0 Å². The average Bonchev–Trinajstić information content (AvgIpc) is 3.23. The molecule has 1 aliphatic carbocycles. The highest BCUT2D eigenvalue weighted by atomic mass is 35.5. The second kappa shape index (κ2) is 7.02. The molecule has 2 N–H and O–H groups in total. The molecular weight excluding hydrogens is 319 g/mol. The largest absolute Gasteiger partial charge is 0.383 e. The number of benzene rings is 1. The van der Waals surface area contributed by atoms with E-state index in [2.05, 4.69) is 10.0 Å². The second-order valence-electron chi connectivity index (χ2n) is 4.92. The van der Waals surface area contributed by atoms with Gasteiger partial charge < -0.3 is 10.1 Å². The standard InChI is InChI=1S/C13H18ClFN2O3S/c1-20-5-4-17-21(18,19)12-7-10(14)6-9(13(12)15)8-16-11-2-3-11/h6-7,11,16-17H,2-5,8H2,1H3. The van der Waals surface area contributed by atoms with Crippen molar-refractivity contribution in [2.75, 3.05) is 20.3 Å². The van der Waals surface area contributed by atoms with Gasteiger partial charge in [0.2, 0.25) is 10.0 Å². The van der Waals surface area contributed by atoms with Gasteiger partial charge in [0.15, 0.2) is 0 Å². The molecule has 0 heterocycles. The molecule has 118 valence electrons. The first-order valence-corrected chi connectivity index (χ1v) is 8.50. The highest BCUT2D eigenvalue weighted by Crippen LogP contribution is 2.25. The summed E-state index contributed by atoms with van der Waals surface area (Å²) in [5, 5.41) is 3.33. The maximum absolute atomic E-state index is 14.4. The number of sulfonamides is 1. The van der Waals surface area contributed by atoms with Gasteiger partial charge in [-0.3, -0.25) is 0 Å². The molecule has 1 saturated carbocycles. The van der Waals surface area contributed by atoms with Crippen LogP contribution in [0.2, 0.25) is 5.02 Å². The SMILES string of the molecule is COCCNS(=O)(=O)c1cc(Cl)cc(CNC2CC2)c1F. The number of hydrogen-bond donors (Lipinski definition) is 2. The number of ether oxygens (including phenoxy) is 1. The van der Waals surface area contributed by atoms with Crippen LogP contribution in [-0.4, -0.2) is 34.7 Å². The zero-order valence-electron chi connectivity index (χ0n) is 11.7. The number of methoxy groups -OCH3 is 1. The number of nitrogens with one attached hydrogen (secondary N) is 2. The van der Waals surface area contributed by atoms with Gasteiger partial charge in [-0.15, -0.1) is 0 Å². The Hall–Kier alpha value is -0.730. The van der Waals surface area contributed by atoms with E-state index in [-0.39, 0.29) is 30.3 Å². The first-order valence-electron chi connectivity index (χ1n) is 6.64. The smallest absolute Gasteiger partial charge is 0.243 e. The Balaban J connectivity index is 2.20. The zero-order chi connectivity index (χ0) is 15.5. The van der Waals surface area contributed by atoms with Crippen LogP contribution in [0.3, 0.4) is 0 Å². The van der Waals surface area contributed by atoms with E-state index in [4.69, 9.17) is 16.3 Å². The van der Waals surface area contributed by atoms with Gasteiger partial charge in [0, 0.05) is 36.8 Å². The highest BCUT2D eigenvalue weighted by Gasteiger charge is 2.24. The van der Waals surface area contributed by atoms with Crippen molar-refractivity contribution in [3.8, 4) is 0 Å². The Kier molecular flexibility index (Phi) is 5.56. The summed E-state index contributed by atoms with van der Waals surface area (Å²) in [7, 11) is -2.49. The van der Waals surface area contributed by atoms with E-state index in [9.17, 15) is 12.8 Å². The van der Waals surface area contributed by atoms with Crippen molar-refractivity contribution in [1.82, 2.24) is 10.0 Å². The lowest BCUT2D eigenvalue weighted by Crippen LogP contribution is -2.28. The Bertz CT molecular complexity index is 606. The molecule has 0 amide bonds. The van der Waals surface area contributed by atoms with E-state index in [1.165, 1.54) is 13.2 Å². The minimum absolute atomic E-state index is 0.0699. The molecule has 0 unspecified atom stereocenters. The number of halogens is 2. The maximum Gasteiger partial charge on any atom is 0.243 e. The van der Waals surface area contributed by atoms with Gasteiger partial charge in [0.1, 0.15) is 10.7 Å². The van der Waals surface area contributed by atoms with Crippen LogP contribution in [0.25, 0.3) is 0 Å². The van der Waals surface area contributed by atoms with Crippen molar-refractivity contribution in [3.63, 3.8) is 0 Å². The molecule has 0 aliphatic heterocycles. The Morgan fingerprint density at radius 2 is 2.14 bits per heavy atom. The van der Waals surface area contributed by atoms with Gasteiger partial charge in [-0.2, -0.15) is 0 Å². The third-order valence-electron chi connectivity index (χ3n) is 3.13. The molecule has 0 spiro atoms. The molecule has 8 heteroatoms. The molecule has 0 bridgehead atoms. The monoisotopic (exact) mass is 336 g/mol. The summed E-state index contributed by atoms with van der Waals surface area (Å²) in [6.45, 7) is 0.537. The fourth-order valence-electron chi connectivity index (χ4n) is 1.84. The predicted octanol–water partition coefficient (Wildman–Crippen LogP) is 1.66. The third-order valence-corrected chi connectivity index (χ3v) is 4.80. The maximum atomic E-state index is 14.4. The van der Waals surface area contributed by atoms with Crippen LogP contribution in [0, 0.1) is 5.82 Å². The summed E-state index contributed by atoms with van der Waals surface area (Å²) in [6.07, 6.45) is 2.12. The third kappa shape index (κ3) is 4.62. The van der Waals surface area contributed by atoms with Gasteiger partial charge in [0.05, 0.1) is 6.61 Å². The van der Waals surface area contributed by atoms with Gasteiger partial charge >= 0.3 is 0 Å². The Morgan fingerprint density at radius 3 is 2.76 bits per heavy atom. The Morgan fingerprint density at radius 1 is 1.43 bits per heavy atom. The van der Waals surface area contributed by atoms with Crippen molar-refractivity contribution in [1.29, 1.82) is 0 Å². The van der Waals surface area contributed by atoms with Gasteiger partial charge in [-0.1, -0.05) is 11.6 Å². The molecule has 2 rings (SSSR count). The normalized spacial score (nSPS) is 15.4.